The zero-order chi connectivity index (χ0) is 25.1. The third-order valence-electron chi connectivity index (χ3n) is 6.67. The standard InChI is InChI=1S/C29H31N3O4/c1-3-35-26-7-5-4-6-24(26)30-14-16-31(17-15-30)29(34)23-11-9-22(10-12-23)19-32-25-13-8-21(2)18-27(25)36-20-28(32)33/h4-13,18H,3,14-17,19-20H2,1-2H3. The summed E-state index contributed by atoms with van der Waals surface area (Å²) in [7, 11) is 0. The number of amides is 2. The molecule has 2 heterocycles. The second-order valence-electron chi connectivity index (χ2n) is 9.12. The van der Waals surface area contributed by atoms with E-state index in [1.165, 1.54) is 0 Å². The molecule has 2 amide bonds. The highest BCUT2D eigenvalue weighted by molar-refractivity contribution is 5.98. The van der Waals surface area contributed by atoms with Crippen LogP contribution >= 0.6 is 0 Å². The van der Waals surface area contributed by atoms with E-state index in [4.69, 9.17) is 9.47 Å². The predicted molar refractivity (Wildman–Crippen MR) is 140 cm³/mol. The van der Waals surface area contributed by atoms with Crippen molar-refractivity contribution in [1.82, 2.24) is 4.90 Å². The molecule has 0 unspecified atom stereocenters. The van der Waals surface area contributed by atoms with Gasteiger partial charge in [0.25, 0.3) is 11.8 Å². The molecule has 0 atom stereocenters. The van der Waals surface area contributed by atoms with Gasteiger partial charge in [0, 0.05) is 31.7 Å². The van der Waals surface area contributed by atoms with Gasteiger partial charge in [-0.3, -0.25) is 9.59 Å². The maximum atomic E-state index is 13.2. The van der Waals surface area contributed by atoms with Gasteiger partial charge in [-0.2, -0.15) is 0 Å². The van der Waals surface area contributed by atoms with Crippen LogP contribution < -0.4 is 19.3 Å². The van der Waals surface area contributed by atoms with E-state index < -0.39 is 0 Å². The van der Waals surface area contributed by atoms with Crippen LogP contribution in [0, 0.1) is 6.92 Å². The number of benzene rings is 3. The molecule has 0 N–H and O–H groups in total. The minimum absolute atomic E-state index is 0.0302. The molecule has 0 bridgehead atoms. The molecule has 36 heavy (non-hydrogen) atoms. The summed E-state index contributed by atoms with van der Waals surface area (Å²) in [6.07, 6.45) is 0. The summed E-state index contributed by atoms with van der Waals surface area (Å²) in [6.45, 7) is 7.89. The van der Waals surface area contributed by atoms with Gasteiger partial charge in [-0.1, -0.05) is 30.3 Å². The quantitative estimate of drug-likeness (QED) is 0.522. The Morgan fingerprint density at radius 3 is 2.44 bits per heavy atom. The maximum absolute atomic E-state index is 13.2. The fraction of sp³-hybridized carbons (Fsp3) is 0.310. The van der Waals surface area contributed by atoms with Gasteiger partial charge in [-0.25, -0.2) is 0 Å². The molecule has 0 aliphatic carbocycles. The lowest BCUT2D eigenvalue weighted by Gasteiger charge is -2.36. The summed E-state index contributed by atoms with van der Waals surface area (Å²) in [4.78, 5) is 31.6. The first-order valence-corrected chi connectivity index (χ1v) is 12.4. The number of para-hydroxylation sites is 2. The summed E-state index contributed by atoms with van der Waals surface area (Å²) in [5.41, 5.74) is 4.56. The van der Waals surface area contributed by atoms with Crippen LogP contribution in [0.15, 0.2) is 66.7 Å². The molecule has 186 valence electrons. The Morgan fingerprint density at radius 1 is 0.944 bits per heavy atom. The molecule has 5 rings (SSSR count). The van der Waals surface area contributed by atoms with Gasteiger partial charge in [-0.05, 0) is 61.4 Å². The second kappa shape index (κ2) is 10.3. The number of hydrogen-bond acceptors (Lipinski definition) is 5. The van der Waals surface area contributed by atoms with E-state index in [1.54, 1.807) is 4.90 Å². The largest absolute Gasteiger partial charge is 0.492 e. The molecule has 3 aromatic rings. The zero-order valence-electron chi connectivity index (χ0n) is 20.8. The minimum Gasteiger partial charge on any atom is -0.492 e. The monoisotopic (exact) mass is 485 g/mol. The molecule has 0 saturated carbocycles. The summed E-state index contributed by atoms with van der Waals surface area (Å²) in [5, 5.41) is 0. The first-order chi connectivity index (χ1) is 17.5. The van der Waals surface area contributed by atoms with E-state index >= 15 is 0 Å². The number of nitrogens with zero attached hydrogens (tertiary/aromatic N) is 3. The first kappa shape index (κ1) is 23.7. The van der Waals surface area contributed by atoms with Crippen LogP contribution in [0.4, 0.5) is 11.4 Å². The number of aryl methyl sites for hydroxylation is 1. The zero-order valence-corrected chi connectivity index (χ0v) is 20.8. The summed E-state index contributed by atoms with van der Waals surface area (Å²) in [5.74, 6) is 1.56. The molecule has 0 aromatic heterocycles. The fourth-order valence-electron chi connectivity index (χ4n) is 4.75. The average molecular weight is 486 g/mol. The van der Waals surface area contributed by atoms with Gasteiger partial charge in [0.1, 0.15) is 11.5 Å². The number of carbonyl (C=O) groups excluding carboxylic acids is 2. The summed E-state index contributed by atoms with van der Waals surface area (Å²) >= 11 is 0. The number of piperazine rings is 1. The summed E-state index contributed by atoms with van der Waals surface area (Å²) in [6, 6.07) is 21.5. The normalized spacial score (nSPS) is 15.4. The molecule has 7 nitrogen and oxygen atoms in total. The van der Waals surface area contributed by atoms with Crippen molar-refractivity contribution in [2.75, 3.05) is 49.2 Å². The molecular weight excluding hydrogens is 454 g/mol. The average Bonchev–Trinajstić information content (AvgIpc) is 2.91. The van der Waals surface area contributed by atoms with Crippen molar-refractivity contribution in [3.05, 3.63) is 83.4 Å². The van der Waals surface area contributed by atoms with E-state index in [2.05, 4.69) is 11.0 Å². The van der Waals surface area contributed by atoms with Crippen molar-refractivity contribution in [2.24, 2.45) is 0 Å². The van der Waals surface area contributed by atoms with Crippen molar-refractivity contribution in [2.45, 2.75) is 20.4 Å². The minimum atomic E-state index is -0.0738. The van der Waals surface area contributed by atoms with Crippen LogP contribution in [0.25, 0.3) is 0 Å². The number of hydrogen-bond donors (Lipinski definition) is 0. The molecule has 7 heteroatoms. The van der Waals surface area contributed by atoms with Crippen molar-refractivity contribution < 1.29 is 19.1 Å². The lowest BCUT2D eigenvalue weighted by atomic mass is 10.1. The highest BCUT2D eigenvalue weighted by Crippen LogP contribution is 2.34. The highest BCUT2D eigenvalue weighted by Gasteiger charge is 2.26. The van der Waals surface area contributed by atoms with E-state index in [-0.39, 0.29) is 18.4 Å². The third kappa shape index (κ3) is 4.87. The van der Waals surface area contributed by atoms with Crippen LogP contribution in [0.5, 0.6) is 11.5 Å². The number of anilines is 2. The second-order valence-corrected chi connectivity index (χ2v) is 9.12. The van der Waals surface area contributed by atoms with E-state index in [9.17, 15) is 9.59 Å². The van der Waals surface area contributed by atoms with Gasteiger partial charge in [0.05, 0.1) is 24.5 Å². The lowest BCUT2D eigenvalue weighted by Crippen LogP contribution is -2.48. The number of rotatable bonds is 6. The van der Waals surface area contributed by atoms with Crippen LogP contribution in [-0.4, -0.2) is 56.1 Å². The number of ether oxygens (including phenoxy) is 2. The topological polar surface area (TPSA) is 62.3 Å². The number of fused-ring (bicyclic) bond motifs is 1. The van der Waals surface area contributed by atoms with E-state index in [1.807, 2.05) is 79.4 Å². The Bertz CT molecular complexity index is 1250. The molecule has 1 fully saturated rings. The molecule has 2 aliphatic heterocycles. The Labute approximate surface area is 211 Å². The Morgan fingerprint density at radius 2 is 1.69 bits per heavy atom. The molecule has 1 saturated heterocycles. The Kier molecular flexibility index (Phi) is 6.80. The first-order valence-electron chi connectivity index (χ1n) is 12.4. The molecule has 0 radical (unpaired) electrons. The maximum Gasteiger partial charge on any atom is 0.265 e. The Hall–Kier alpha value is -4.00. The van der Waals surface area contributed by atoms with Crippen LogP contribution in [-0.2, 0) is 11.3 Å². The molecular formula is C29H31N3O4. The van der Waals surface area contributed by atoms with Crippen LogP contribution in [0.1, 0.15) is 28.4 Å². The van der Waals surface area contributed by atoms with Gasteiger partial charge in [0.2, 0.25) is 0 Å². The van der Waals surface area contributed by atoms with Crippen molar-refractivity contribution in [1.29, 1.82) is 0 Å². The lowest BCUT2D eigenvalue weighted by molar-refractivity contribution is -0.121. The van der Waals surface area contributed by atoms with Crippen molar-refractivity contribution in [3.63, 3.8) is 0 Å². The SMILES string of the molecule is CCOc1ccccc1N1CCN(C(=O)c2ccc(CN3C(=O)COc4cc(C)ccc43)cc2)CC1. The van der Waals surface area contributed by atoms with Crippen molar-refractivity contribution in [3.8, 4) is 11.5 Å². The van der Waals surface area contributed by atoms with Gasteiger partial charge < -0.3 is 24.2 Å². The fourth-order valence-corrected chi connectivity index (χ4v) is 4.75. The van der Waals surface area contributed by atoms with Gasteiger partial charge >= 0.3 is 0 Å². The van der Waals surface area contributed by atoms with Gasteiger partial charge in [-0.15, -0.1) is 0 Å². The van der Waals surface area contributed by atoms with Gasteiger partial charge in [0.15, 0.2) is 6.61 Å². The molecule has 2 aliphatic rings. The summed E-state index contributed by atoms with van der Waals surface area (Å²) < 4.78 is 11.4. The molecule has 0 spiro atoms. The van der Waals surface area contributed by atoms with Crippen LogP contribution in [0.3, 0.4) is 0 Å². The smallest absolute Gasteiger partial charge is 0.265 e. The molecule has 3 aromatic carbocycles. The van der Waals surface area contributed by atoms with E-state index in [0.717, 1.165) is 47.1 Å². The van der Waals surface area contributed by atoms with Crippen molar-refractivity contribution >= 4 is 23.2 Å². The predicted octanol–water partition coefficient (Wildman–Crippen LogP) is 4.28. The highest BCUT2D eigenvalue weighted by atomic mass is 16.5. The number of carbonyl (C=O) groups is 2. The van der Waals surface area contributed by atoms with E-state index in [0.29, 0.717) is 31.8 Å². The third-order valence-corrected chi connectivity index (χ3v) is 6.67. The Balaban J connectivity index is 1.22. The van der Waals surface area contributed by atoms with Crippen LogP contribution in [0.2, 0.25) is 0 Å².